The highest BCUT2D eigenvalue weighted by Crippen LogP contribution is 2.36. The van der Waals surface area contributed by atoms with Crippen LogP contribution in [0.5, 0.6) is 0 Å². The normalized spacial score (nSPS) is 17.4. The van der Waals surface area contributed by atoms with E-state index in [1.165, 1.54) is 36.8 Å². The molecule has 1 aromatic rings. The minimum Gasteiger partial charge on any atom is -0.193 e. The van der Waals surface area contributed by atoms with Crippen molar-refractivity contribution in [2.75, 3.05) is 0 Å². The van der Waals surface area contributed by atoms with Crippen LogP contribution in [0, 0.1) is 17.2 Å². The van der Waals surface area contributed by atoms with Crippen LogP contribution in [0.25, 0.3) is 5.57 Å². The predicted molar refractivity (Wildman–Crippen MR) is 69.7 cm³/mol. The fourth-order valence-corrected chi connectivity index (χ4v) is 2.81. The molecule has 0 N–H and O–H groups in total. The second-order valence-corrected chi connectivity index (χ2v) is 5.14. The van der Waals surface area contributed by atoms with E-state index in [1.807, 2.05) is 12.1 Å². The number of rotatable bonds is 2. The van der Waals surface area contributed by atoms with Gasteiger partial charge in [-0.3, -0.25) is 0 Å². The van der Waals surface area contributed by atoms with Crippen molar-refractivity contribution in [1.82, 2.24) is 0 Å². The third kappa shape index (κ3) is 2.54. The number of halogens is 1. The summed E-state index contributed by atoms with van der Waals surface area (Å²) in [6.45, 7) is 0. The quantitative estimate of drug-likeness (QED) is 0.727. The van der Waals surface area contributed by atoms with E-state index in [9.17, 15) is 0 Å². The van der Waals surface area contributed by atoms with Gasteiger partial charge in [0.2, 0.25) is 0 Å². The number of nitriles is 1. The Bertz CT molecular complexity index is 436. The Balaban J connectivity index is 2.33. The molecule has 1 aliphatic carbocycles. The Morgan fingerprint density at radius 2 is 2.12 bits per heavy atom. The maximum atomic E-state index is 8.89. The summed E-state index contributed by atoms with van der Waals surface area (Å²) in [7, 11) is 0. The summed E-state index contributed by atoms with van der Waals surface area (Å²) in [5, 5.41) is 8.89. The van der Waals surface area contributed by atoms with Crippen LogP contribution in [-0.2, 0) is 0 Å². The van der Waals surface area contributed by atoms with Gasteiger partial charge in [-0.2, -0.15) is 5.26 Å². The van der Waals surface area contributed by atoms with Crippen LogP contribution in [0.1, 0.15) is 31.2 Å². The number of hydrogen-bond acceptors (Lipinski definition) is 1. The molecule has 1 nitrogen and oxygen atoms in total. The molecule has 0 spiro atoms. The Labute approximate surface area is 105 Å². The van der Waals surface area contributed by atoms with Gasteiger partial charge >= 0.3 is 0 Å². The smallest absolute Gasteiger partial charge is 0.0915 e. The van der Waals surface area contributed by atoms with Crippen molar-refractivity contribution in [3.8, 4) is 6.07 Å². The van der Waals surface area contributed by atoms with E-state index in [2.05, 4.69) is 34.1 Å². The highest BCUT2D eigenvalue weighted by atomic mass is 79.9. The lowest BCUT2D eigenvalue weighted by Gasteiger charge is -2.14. The maximum absolute atomic E-state index is 8.89. The fraction of sp³-hybridized carbons (Fsp3) is 0.357. The van der Waals surface area contributed by atoms with Crippen LogP contribution < -0.4 is 0 Å². The molecule has 0 aliphatic heterocycles. The molecular weight excluding hydrogens is 262 g/mol. The largest absolute Gasteiger partial charge is 0.193 e. The molecule has 1 aliphatic rings. The topological polar surface area (TPSA) is 23.8 Å². The van der Waals surface area contributed by atoms with Crippen molar-refractivity contribution in [2.24, 2.45) is 5.92 Å². The summed E-state index contributed by atoms with van der Waals surface area (Å²) in [5.41, 5.74) is 2.39. The zero-order chi connectivity index (χ0) is 11.4. The lowest BCUT2D eigenvalue weighted by molar-refractivity contribution is 0.706. The first-order valence-electron chi connectivity index (χ1n) is 5.67. The summed E-state index contributed by atoms with van der Waals surface area (Å²) in [5.74, 6) is 0.578. The van der Waals surface area contributed by atoms with Crippen LogP contribution in [-0.4, -0.2) is 0 Å². The maximum Gasteiger partial charge on any atom is 0.0915 e. The molecule has 0 bridgehead atoms. The van der Waals surface area contributed by atoms with E-state index >= 15 is 0 Å². The van der Waals surface area contributed by atoms with Crippen molar-refractivity contribution in [3.63, 3.8) is 0 Å². The van der Waals surface area contributed by atoms with E-state index in [1.54, 1.807) is 6.08 Å². The molecule has 0 heterocycles. The summed E-state index contributed by atoms with van der Waals surface area (Å²) in [4.78, 5) is 0. The van der Waals surface area contributed by atoms with Gasteiger partial charge in [0.25, 0.3) is 0 Å². The van der Waals surface area contributed by atoms with Gasteiger partial charge in [-0.25, -0.2) is 0 Å². The van der Waals surface area contributed by atoms with Crippen molar-refractivity contribution in [3.05, 3.63) is 40.4 Å². The Kier molecular flexibility index (Phi) is 3.79. The first-order valence-corrected chi connectivity index (χ1v) is 6.46. The highest BCUT2D eigenvalue weighted by Gasteiger charge is 2.20. The molecular formula is C14H14BrN. The van der Waals surface area contributed by atoms with Gasteiger partial charge in [0.15, 0.2) is 0 Å². The average molecular weight is 276 g/mol. The molecule has 0 aromatic heterocycles. The SMILES string of the molecule is N#C/C=C(/c1cccc(Br)c1)C1CCCC1. The molecule has 0 saturated heterocycles. The number of hydrogen-bond donors (Lipinski definition) is 0. The molecule has 82 valence electrons. The Hall–Kier alpha value is -1.07. The van der Waals surface area contributed by atoms with Crippen molar-refractivity contribution < 1.29 is 0 Å². The van der Waals surface area contributed by atoms with Gasteiger partial charge in [0, 0.05) is 10.5 Å². The van der Waals surface area contributed by atoms with Gasteiger partial charge in [-0.1, -0.05) is 40.9 Å². The number of benzene rings is 1. The third-order valence-electron chi connectivity index (χ3n) is 3.17. The van der Waals surface area contributed by atoms with Crippen LogP contribution >= 0.6 is 15.9 Å². The lowest BCUT2D eigenvalue weighted by Crippen LogP contribution is -1.98. The second kappa shape index (κ2) is 5.32. The summed E-state index contributed by atoms with van der Waals surface area (Å²) >= 11 is 3.48. The molecule has 1 saturated carbocycles. The van der Waals surface area contributed by atoms with Crippen LogP contribution in [0.2, 0.25) is 0 Å². The summed E-state index contributed by atoms with van der Waals surface area (Å²) in [6, 6.07) is 10.4. The molecule has 2 rings (SSSR count). The van der Waals surface area contributed by atoms with Gasteiger partial charge < -0.3 is 0 Å². The minimum absolute atomic E-state index is 0.578. The first kappa shape index (κ1) is 11.4. The van der Waals surface area contributed by atoms with Gasteiger partial charge in [-0.05, 0) is 42.0 Å². The monoisotopic (exact) mass is 275 g/mol. The molecule has 0 amide bonds. The van der Waals surface area contributed by atoms with Gasteiger partial charge in [0.05, 0.1) is 6.07 Å². The number of nitrogens with zero attached hydrogens (tertiary/aromatic N) is 1. The zero-order valence-corrected chi connectivity index (χ0v) is 10.7. The zero-order valence-electron chi connectivity index (χ0n) is 9.12. The lowest BCUT2D eigenvalue weighted by atomic mass is 9.91. The van der Waals surface area contributed by atoms with Gasteiger partial charge in [-0.15, -0.1) is 0 Å². The van der Waals surface area contributed by atoms with E-state index in [0.29, 0.717) is 5.92 Å². The molecule has 2 heteroatoms. The standard InChI is InChI=1S/C14H14BrN/c15-13-7-3-6-12(10-13)14(8-9-16)11-4-1-2-5-11/h3,6-8,10-11H,1-2,4-5H2/b14-8+. The average Bonchev–Trinajstić information content (AvgIpc) is 2.79. The van der Waals surface area contributed by atoms with Crippen LogP contribution in [0.15, 0.2) is 34.8 Å². The molecule has 0 unspecified atom stereocenters. The highest BCUT2D eigenvalue weighted by molar-refractivity contribution is 9.10. The predicted octanol–water partition coefficient (Wildman–Crippen LogP) is 4.55. The summed E-state index contributed by atoms with van der Waals surface area (Å²) in [6.07, 6.45) is 6.75. The van der Waals surface area contributed by atoms with Crippen LogP contribution in [0.4, 0.5) is 0 Å². The van der Waals surface area contributed by atoms with Gasteiger partial charge in [0.1, 0.15) is 0 Å². The molecule has 1 fully saturated rings. The van der Waals surface area contributed by atoms with Crippen molar-refractivity contribution >= 4 is 21.5 Å². The second-order valence-electron chi connectivity index (χ2n) is 4.22. The van der Waals surface area contributed by atoms with Crippen molar-refractivity contribution in [1.29, 1.82) is 5.26 Å². The third-order valence-corrected chi connectivity index (χ3v) is 3.67. The van der Waals surface area contributed by atoms with E-state index in [0.717, 1.165) is 4.47 Å². The van der Waals surface area contributed by atoms with Crippen molar-refractivity contribution in [2.45, 2.75) is 25.7 Å². The molecule has 16 heavy (non-hydrogen) atoms. The number of allylic oxidation sites excluding steroid dienone is 2. The molecule has 0 atom stereocenters. The first-order chi connectivity index (χ1) is 7.81. The Morgan fingerprint density at radius 1 is 1.38 bits per heavy atom. The van der Waals surface area contributed by atoms with E-state index in [-0.39, 0.29) is 0 Å². The van der Waals surface area contributed by atoms with E-state index in [4.69, 9.17) is 5.26 Å². The Morgan fingerprint density at radius 3 is 2.75 bits per heavy atom. The summed E-state index contributed by atoms with van der Waals surface area (Å²) < 4.78 is 1.08. The molecule has 1 aromatic carbocycles. The van der Waals surface area contributed by atoms with Crippen LogP contribution in [0.3, 0.4) is 0 Å². The minimum atomic E-state index is 0.578. The van der Waals surface area contributed by atoms with E-state index < -0.39 is 0 Å². The fourth-order valence-electron chi connectivity index (χ4n) is 2.41. The molecule has 0 radical (unpaired) electrons.